The smallest absolute Gasteiger partial charge is 0.180 e. The summed E-state index contributed by atoms with van der Waals surface area (Å²) in [5.74, 6) is 1.30. The van der Waals surface area contributed by atoms with Crippen LogP contribution in [0.5, 0.6) is 0 Å². The van der Waals surface area contributed by atoms with Crippen LogP contribution in [0.3, 0.4) is 0 Å². The van der Waals surface area contributed by atoms with Gasteiger partial charge in [0.2, 0.25) is 0 Å². The van der Waals surface area contributed by atoms with Crippen LogP contribution in [0.25, 0.3) is 11.5 Å². The summed E-state index contributed by atoms with van der Waals surface area (Å²) in [6.07, 6.45) is 7.47. The number of aromatic nitrogens is 3. The normalized spacial score (nSPS) is 14.7. The first kappa shape index (κ1) is 13.0. The summed E-state index contributed by atoms with van der Waals surface area (Å²) >= 11 is 0. The minimum atomic E-state index is 0.633. The Morgan fingerprint density at radius 1 is 1.05 bits per heavy atom. The Morgan fingerprint density at radius 3 is 2.65 bits per heavy atom. The molecule has 20 heavy (non-hydrogen) atoms. The lowest BCUT2D eigenvalue weighted by atomic mass is 10.1. The van der Waals surface area contributed by atoms with Gasteiger partial charge in [-0.15, -0.1) is 0 Å². The molecule has 0 fully saturated rings. The zero-order valence-electron chi connectivity index (χ0n) is 12.1. The first-order valence-electron chi connectivity index (χ1n) is 7.24. The molecule has 1 aliphatic carbocycles. The van der Waals surface area contributed by atoms with Crippen LogP contribution in [-0.4, -0.2) is 15.0 Å². The number of rotatable bonds is 1. The molecule has 2 heterocycles. The van der Waals surface area contributed by atoms with Crippen molar-refractivity contribution in [1.82, 2.24) is 15.0 Å². The summed E-state index contributed by atoms with van der Waals surface area (Å²) in [4.78, 5) is 13.7. The highest BCUT2D eigenvalue weighted by Crippen LogP contribution is 2.26. The van der Waals surface area contributed by atoms with Gasteiger partial charge in [-0.05, 0) is 50.7 Å². The second-order valence-corrected chi connectivity index (χ2v) is 5.60. The van der Waals surface area contributed by atoms with Crippen molar-refractivity contribution in [2.45, 2.75) is 46.0 Å². The number of nitrogen functional groups attached to an aromatic ring is 1. The molecular formula is C16H20N4. The molecule has 0 saturated heterocycles. The molecule has 0 amide bonds. The number of pyridine rings is 1. The Hall–Kier alpha value is -1.97. The molecule has 104 valence electrons. The number of anilines is 1. The van der Waals surface area contributed by atoms with Gasteiger partial charge < -0.3 is 5.73 Å². The van der Waals surface area contributed by atoms with Crippen LogP contribution in [0.1, 0.15) is 41.6 Å². The molecule has 0 unspecified atom stereocenters. The van der Waals surface area contributed by atoms with Crippen molar-refractivity contribution >= 4 is 5.82 Å². The van der Waals surface area contributed by atoms with Crippen molar-refractivity contribution in [2.24, 2.45) is 0 Å². The number of nitrogens with zero attached hydrogens (tertiary/aromatic N) is 3. The Bertz CT molecular complexity index is 649. The molecular weight excluding hydrogens is 248 g/mol. The molecule has 4 heteroatoms. The standard InChI is InChI=1S/C16H20N4/c1-10-8-11(2)14(18-9-10)16-19-13-7-5-3-4-6-12(13)15(17)20-16/h8-9H,3-7H2,1-2H3,(H2,17,19,20). The fourth-order valence-electron chi connectivity index (χ4n) is 2.86. The Morgan fingerprint density at radius 2 is 1.85 bits per heavy atom. The molecule has 0 aliphatic heterocycles. The molecule has 4 nitrogen and oxygen atoms in total. The molecule has 2 N–H and O–H groups in total. The fourth-order valence-corrected chi connectivity index (χ4v) is 2.86. The number of hydrogen-bond donors (Lipinski definition) is 1. The van der Waals surface area contributed by atoms with Crippen molar-refractivity contribution in [3.63, 3.8) is 0 Å². The number of hydrogen-bond acceptors (Lipinski definition) is 4. The van der Waals surface area contributed by atoms with E-state index in [1.165, 1.54) is 19.3 Å². The van der Waals surface area contributed by atoms with Crippen LogP contribution in [0.4, 0.5) is 5.82 Å². The number of nitrogens with two attached hydrogens (primary N) is 1. The predicted octanol–water partition coefficient (Wildman–Crippen LogP) is 3.01. The molecule has 1 aliphatic rings. The molecule has 2 aromatic heterocycles. The van der Waals surface area contributed by atoms with E-state index in [2.05, 4.69) is 16.0 Å². The van der Waals surface area contributed by atoms with Gasteiger partial charge in [0.15, 0.2) is 5.82 Å². The zero-order valence-corrected chi connectivity index (χ0v) is 12.1. The summed E-state index contributed by atoms with van der Waals surface area (Å²) < 4.78 is 0. The van der Waals surface area contributed by atoms with Gasteiger partial charge in [-0.25, -0.2) is 9.97 Å². The lowest BCUT2D eigenvalue weighted by Crippen LogP contribution is -2.07. The van der Waals surface area contributed by atoms with Gasteiger partial charge in [-0.1, -0.05) is 12.5 Å². The van der Waals surface area contributed by atoms with E-state index in [0.29, 0.717) is 11.6 Å². The first-order valence-corrected chi connectivity index (χ1v) is 7.24. The summed E-state index contributed by atoms with van der Waals surface area (Å²) in [5.41, 5.74) is 11.5. The van der Waals surface area contributed by atoms with Gasteiger partial charge in [0.05, 0.1) is 0 Å². The summed E-state index contributed by atoms with van der Waals surface area (Å²) in [6.45, 7) is 4.08. The van der Waals surface area contributed by atoms with E-state index in [0.717, 1.165) is 40.9 Å². The molecule has 0 atom stereocenters. The largest absolute Gasteiger partial charge is 0.383 e. The van der Waals surface area contributed by atoms with Gasteiger partial charge >= 0.3 is 0 Å². The summed E-state index contributed by atoms with van der Waals surface area (Å²) in [5, 5.41) is 0. The van der Waals surface area contributed by atoms with E-state index >= 15 is 0 Å². The van der Waals surface area contributed by atoms with Crippen molar-refractivity contribution in [1.29, 1.82) is 0 Å². The predicted molar refractivity (Wildman–Crippen MR) is 80.4 cm³/mol. The molecule has 0 bridgehead atoms. The Labute approximate surface area is 119 Å². The van der Waals surface area contributed by atoms with E-state index < -0.39 is 0 Å². The SMILES string of the molecule is Cc1cnc(-c2nc(N)c3c(n2)CCCCC3)c(C)c1. The topological polar surface area (TPSA) is 64.7 Å². The minimum Gasteiger partial charge on any atom is -0.383 e. The minimum absolute atomic E-state index is 0.633. The lowest BCUT2D eigenvalue weighted by Gasteiger charge is -2.11. The van der Waals surface area contributed by atoms with Crippen LogP contribution in [0.2, 0.25) is 0 Å². The monoisotopic (exact) mass is 268 g/mol. The average molecular weight is 268 g/mol. The van der Waals surface area contributed by atoms with Crippen molar-refractivity contribution < 1.29 is 0 Å². The third kappa shape index (κ3) is 2.38. The third-order valence-electron chi connectivity index (χ3n) is 3.89. The van der Waals surface area contributed by atoms with Crippen LogP contribution in [-0.2, 0) is 12.8 Å². The van der Waals surface area contributed by atoms with Crippen LogP contribution in [0, 0.1) is 13.8 Å². The quantitative estimate of drug-likeness (QED) is 0.807. The van der Waals surface area contributed by atoms with Crippen molar-refractivity contribution in [2.75, 3.05) is 5.73 Å². The molecule has 2 aromatic rings. The molecule has 0 aromatic carbocycles. The van der Waals surface area contributed by atoms with Gasteiger partial charge in [0.25, 0.3) is 0 Å². The maximum atomic E-state index is 6.15. The molecule has 0 saturated carbocycles. The van der Waals surface area contributed by atoms with Crippen molar-refractivity contribution in [3.8, 4) is 11.5 Å². The van der Waals surface area contributed by atoms with Crippen LogP contribution >= 0.6 is 0 Å². The van der Waals surface area contributed by atoms with Gasteiger partial charge in [-0.3, -0.25) is 4.98 Å². The Balaban J connectivity index is 2.11. The Kier molecular flexibility index (Phi) is 3.38. The highest BCUT2D eigenvalue weighted by Gasteiger charge is 2.17. The van der Waals surface area contributed by atoms with E-state index in [4.69, 9.17) is 10.7 Å². The van der Waals surface area contributed by atoms with Crippen molar-refractivity contribution in [3.05, 3.63) is 34.6 Å². The average Bonchev–Trinajstić information content (AvgIpc) is 2.64. The van der Waals surface area contributed by atoms with Crippen LogP contribution < -0.4 is 5.73 Å². The molecule has 0 radical (unpaired) electrons. The summed E-state index contributed by atoms with van der Waals surface area (Å²) in [7, 11) is 0. The van der Waals surface area contributed by atoms with E-state index in [1.54, 1.807) is 0 Å². The maximum Gasteiger partial charge on any atom is 0.180 e. The highest BCUT2D eigenvalue weighted by atomic mass is 15.0. The van der Waals surface area contributed by atoms with Gasteiger partial charge in [0, 0.05) is 17.5 Å². The number of aryl methyl sites for hydroxylation is 3. The van der Waals surface area contributed by atoms with E-state index in [-0.39, 0.29) is 0 Å². The first-order chi connectivity index (χ1) is 9.65. The second kappa shape index (κ2) is 5.19. The molecule has 0 spiro atoms. The lowest BCUT2D eigenvalue weighted by molar-refractivity contribution is 0.709. The van der Waals surface area contributed by atoms with E-state index in [1.807, 2.05) is 20.0 Å². The molecule has 3 rings (SSSR count). The second-order valence-electron chi connectivity index (χ2n) is 5.60. The van der Waals surface area contributed by atoms with E-state index in [9.17, 15) is 0 Å². The van der Waals surface area contributed by atoms with Gasteiger partial charge in [-0.2, -0.15) is 0 Å². The fraction of sp³-hybridized carbons (Fsp3) is 0.438. The highest BCUT2D eigenvalue weighted by molar-refractivity contribution is 5.59. The maximum absolute atomic E-state index is 6.15. The zero-order chi connectivity index (χ0) is 14.1. The van der Waals surface area contributed by atoms with Gasteiger partial charge in [0.1, 0.15) is 11.5 Å². The van der Waals surface area contributed by atoms with Crippen LogP contribution in [0.15, 0.2) is 12.3 Å². The number of fused-ring (bicyclic) bond motifs is 1. The summed E-state index contributed by atoms with van der Waals surface area (Å²) in [6, 6.07) is 2.10. The third-order valence-corrected chi connectivity index (χ3v) is 3.89.